The van der Waals surface area contributed by atoms with Crippen LogP contribution in [0.5, 0.6) is 11.6 Å². The van der Waals surface area contributed by atoms with E-state index in [9.17, 15) is 0 Å². The molecule has 0 bridgehead atoms. The summed E-state index contributed by atoms with van der Waals surface area (Å²) in [6.45, 7) is 3.63. The minimum atomic E-state index is -0.236. The van der Waals surface area contributed by atoms with Gasteiger partial charge in [-0.3, -0.25) is 0 Å². The average Bonchev–Trinajstić information content (AvgIpc) is 3.12. The van der Waals surface area contributed by atoms with E-state index < -0.39 is 0 Å². The molecule has 4 rings (SSSR count). The van der Waals surface area contributed by atoms with Crippen molar-refractivity contribution in [2.45, 2.75) is 19.1 Å². The van der Waals surface area contributed by atoms with Crippen molar-refractivity contribution < 1.29 is 13.9 Å². The summed E-state index contributed by atoms with van der Waals surface area (Å²) in [4.78, 5) is 6.50. The SMILES string of the molecule is C[C@@H]1CN(C)C[C@H](c2nnc(-c3cccnc3Oc3ccccc3)o2)O1. The van der Waals surface area contributed by atoms with Crippen LogP contribution >= 0.6 is 0 Å². The van der Waals surface area contributed by atoms with Gasteiger partial charge < -0.3 is 18.8 Å². The van der Waals surface area contributed by atoms with Gasteiger partial charge in [-0.1, -0.05) is 18.2 Å². The third-order valence-corrected chi connectivity index (χ3v) is 4.12. The van der Waals surface area contributed by atoms with Crippen LogP contribution in [0.15, 0.2) is 53.1 Å². The number of pyridine rings is 1. The minimum Gasteiger partial charge on any atom is -0.438 e. The van der Waals surface area contributed by atoms with E-state index in [2.05, 4.69) is 27.1 Å². The van der Waals surface area contributed by atoms with Gasteiger partial charge in [0.25, 0.3) is 5.89 Å². The number of ether oxygens (including phenoxy) is 2. The topological polar surface area (TPSA) is 73.5 Å². The van der Waals surface area contributed by atoms with Crippen molar-refractivity contribution in [3.8, 4) is 23.1 Å². The molecule has 1 fully saturated rings. The Bertz CT molecular complexity index is 858. The zero-order chi connectivity index (χ0) is 17.9. The molecule has 7 heteroatoms. The predicted molar refractivity (Wildman–Crippen MR) is 94.8 cm³/mol. The molecule has 3 aromatic rings. The van der Waals surface area contributed by atoms with E-state index in [1.165, 1.54) is 0 Å². The van der Waals surface area contributed by atoms with Gasteiger partial charge in [0.15, 0.2) is 0 Å². The molecule has 7 nitrogen and oxygen atoms in total. The highest BCUT2D eigenvalue weighted by Crippen LogP contribution is 2.32. The Morgan fingerprint density at radius 2 is 1.92 bits per heavy atom. The van der Waals surface area contributed by atoms with Gasteiger partial charge in [-0.05, 0) is 38.2 Å². The monoisotopic (exact) mass is 352 g/mol. The number of hydrogen-bond donors (Lipinski definition) is 0. The second-order valence-corrected chi connectivity index (χ2v) is 6.37. The summed E-state index contributed by atoms with van der Waals surface area (Å²) >= 11 is 0. The summed E-state index contributed by atoms with van der Waals surface area (Å²) in [6, 6.07) is 13.1. The maximum absolute atomic E-state index is 5.93. The fourth-order valence-corrected chi connectivity index (χ4v) is 3.01. The fourth-order valence-electron chi connectivity index (χ4n) is 3.01. The summed E-state index contributed by atoms with van der Waals surface area (Å²) in [6.07, 6.45) is 1.55. The Hall–Kier alpha value is -2.77. The standard InChI is InChI=1S/C19H20N4O3/c1-13-11-23(2)12-16(24-13)19-22-21-18(26-19)15-9-6-10-20-17(15)25-14-7-4-3-5-8-14/h3-10,13,16H,11-12H2,1-2H3/t13-,16-/m1/s1. The summed E-state index contributed by atoms with van der Waals surface area (Å²) in [5.41, 5.74) is 0.646. The number of rotatable bonds is 4. The first-order valence-electron chi connectivity index (χ1n) is 8.55. The summed E-state index contributed by atoms with van der Waals surface area (Å²) in [5.74, 6) is 1.94. The highest BCUT2D eigenvalue weighted by molar-refractivity contribution is 5.60. The van der Waals surface area contributed by atoms with Crippen LogP contribution in [-0.4, -0.2) is 46.3 Å². The molecule has 0 amide bonds. The molecular formula is C19H20N4O3. The van der Waals surface area contributed by atoms with Gasteiger partial charge in [0.1, 0.15) is 17.4 Å². The van der Waals surface area contributed by atoms with Gasteiger partial charge >= 0.3 is 0 Å². The number of para-hydroxylation sites is 1. The molecule has 2 aromatic heterocycles. The first-order valence-corrected chi connectivity index (χ1v) is 8.55. The number of benzene rings is 1. The van der Waals surface area contributed by atoms with Crippen molar-refractivity contribution in [3.05, 3.63) is 54.6 Å². The van der Waals surface area contributed by atoms with Crippen LogP contribution in [0.3, 0.4) is 0 Å². The van der Waals surface area contributed by atoms with E-state index in [4.69, 9.17) is 13.9 Å². The van der Waals surface area contributed by atoms with Gasteiger partial charge in [-0.15, -0.1) is 10.2 Å². The van der Waals surface area contributed by atoms with Gasteiger partial charge in [0.05, 0.1) is 6.10 Å². The smallest absolute Gasteiger partial charge is 0.253 e. The van der Waals surface area contributed by atoms with Crippen LogP contribution in [-0.2, 0) is 4.74 Å². The third kappa shape index (κ3) is 3.58. The normalized spacial score (nSPS) is 20.8. The summed E-state index contributed by atoms with van der Waals surface area (Å²) in [7, 11) is 2.05. The lowest BCUT2D eigenvalue weighted by molar-refractivity contribution is -0.0821. The molecule has 1 aliphatic heterocycles. The molecule has 0 aliphatic carbocycles. The molecule has 1 saturated heterocycles. The maximum Gasteiger partial charge on any atom is 0.253 e. The van der Waals surface area contributed by atoms with Gasteiger partial charge in [-0.25, -0.2) is 4.98 Å². The highest BCUT2D eigenvalue weighted by atomic mass is 16.5. The van der Waals surface area contributed by atoms with E-state index in [0.29, 0.717) is 35.5 Å². The Kier molecular flexibility index (Phi) is 4.64. The van der Waals surface area contributed by atoms with Crippen LogP contribution < -0.4 is 4.74 Å². The van der Waals surface area contributed by atoms with E-state index in [0.717, 1.165) is 6.54 Å². The molecule has 0 N–H and O–H groups in total. The van der Waals surface area contributed by atoms with E-state index >= 15 is 0 Å². The van der Waals surface area contributed by atoms with Gasteiger partial charge in [-0.2, -0.15) is 0 Å². The van der Waals surface area contributed by atoms with E-state index in [1.807, 2.05) is 49.4 Å². The molecular weight excluding hydrogens is 332 g/mol. The highest BCUT2D eigenvalue weighted by Gasteiger charge is 2.29. The first-order chi connectivity index (χ1) is 12.7. The van der Waals surface area contributed by atoms with Crippen LogP contribution in [0, 0.1) is 0 Å². The van der Waals surface area contributed by atoms with Crippen LogP contribution in [0.1, 0.15) is 18.9 Å². The van der Waals surface area contributed by atoms with Crippen molar-refractivity contribution in [1.82, 2.24) is 20.1 Å². The number of morpholine rings is 1. The number of aromatic nitrogens is 3. The van der Waals surface area contributed by atoms with Crippen molar-refractivity contribution in [1.29, 1.82) is 0 Å². The third-order valence-electron chi connectivity index (χ3n) is 4.12. The second kappa shape index (κ2) is 7.23. The van der Waals surface area contributed by atoms with Crippen LogP contribution in [0.2, 0.25) is 0 Å². The molecule has 0 radical (unpaired) electrons. The Morgan fingerprint density at radius 1 is 1.08 bits per heavy atom. The van der Waals surface area contributed by atoms with Crippen LogP contribution in [0.4, 0.5) is 0 Å². The quantitative estimate of drug-likeness (QED) is 0.713. The molecule has 0 unspecified atom stereocenters. The summed E-state index contributed by atoms with van der Waals surface area (Å²) in [5, 5.41) is 8.36. The van der Waals surface area contributed by atoms with E-state index in [1.54, 1.807) is 6.20 Å². The van der Waals surface area contributed by atoms with Gasteiger partial charge in [0, 0.05) is 19.3 Å². The number of nitrogens with zero attached hydrogens (tertiary/aromatic N) is 4. The Morgan fingerprint density at radius 3 is 2.73 bits per heavy atom. The molecule has 1 aliphatic rings. The zero-order valence-corrected chi connectivity index (χ0v) is 14.7. The number of hydrogen-bond acceptors (Lipinski definition) is 7. The lowest BCUT2D eigenvalue weighted by Crippen LogP contribution is -2.40. The van der Waals surface area contributed by atoms with Crippen molar-refractivity contribution in [2.75, 3.05) is 20.1 Å². The second-order valence-electron chi connectivity index (χ2n) is 6.37. The van der Waals surface area contributed by atoms with Gasteiger partial charge in [0.2, 0.25) is 11.8 Å². The molecule has 3 heterocycles. The first kappa shape index (κ1) is 16.7. The molecule has 0 spiro atoms. The van der Waals surface area contributed by atoms with Crippen molar-refractivity contribution in [3.63, 3.8) is 0 Å². The fraction of sp³-hybridized carbons (Fsp3) is 0.316. The molecule has 26 heavy (non-hydrogen) atoms. The molecule has 2 atom stereocenters. The van der Waals surface area contributed by atoms with E-state index in [-0.39, 0.29) is 12.2 Å². The predicted octanol–water partition coefficient (Wildman–Crippen LogP) is 3.32. The molecule has 0 saturated carbocycles. The summed E-state index contributed by atoms with van der Waals surface area (Å²) < 4.78 is 17.7. The van der Waals surface area contributed by atoms with Crippen molar-refractivity contribution in [2.24, 2.45) is 0 Å². The lowest BCUT2D eigenvalue weighted by Gasteiger charge is -2.32. The Labute approximate surface area is 151 Å². The Balaban J connectivity index is 1.60. The molecule has 134 valence electrons. The maximum atomic E-state index is 5.93. The minimum absolute atomic E-state index is 0.115. The lowest BCUT2D eigenvalue weighted by atomic mass is 10.2. The zero-order valence-electron chi connectivity index (χ0n) is 14.7. The number of likely N-dealkylation sites (N-methyl/N-ethyl adjacent to an activating group) is 1. The van der Waals surface area contributed by atoms with Crippen LogP contribution in [0.25, 0.3) is 11.5 Å². The average molecular weight is 352 g/mol. The molecule has 1 aromatic carbocycles. The largest absolute Gasteiger partial charge is 0.438 e. The van der Waals surface area contributed by atoms with Crippen molar-refractivity contribution >= 4 is 0 Å².